The number of halogens is 4. The molecular weight excluding hydrogens is 745 g/mol. The summed E-state index contributed by atoms with van der Waals surface area (Å²) in [5.41, 5.74) is 0.613. The van der Waals surface area contributed by atoms with Gasteiger partial charge < -0.3 is 10.6 Å². The van der Waals surface area contributed by atoms with Crippen molar-refractivity contribution in [2.75, 3.05) is 10.6 Å². The van der Waals surface area contributed by atoms with Crippen LogP contribution < -0.4 is 10.6 Å². The van der Waals surface area contributed by atoms with Gasteiger partial charge in [-0.3, -0.25) is 19.2 Å². The smallest absolute Gasteiger partial charge is 0.243 e. The predicted molar refractivity (Wildman–Crippen MR) is 203 cm³/mol. The lowest BCUT2D eigenvalue weighted by Crippen LogP contribution is -2.48. The van der Waals surface area contributed by atoms with Gasteiger partial charge in [-0.05, 0) is 48.7 Å². The summed E-state index contributed by atoms with van der Waals surface area (Å²) >= 11 is 15.1. The highest BCUT2D eigenvalue weighted by molar-refractivity contribution is 7.21. The number of nitrogens with one attached hydrogen (secondary N) is 2. The van der Waals surface area contributed by atoms with Crippen molar-refractivity contribution in [1.29, 1.82) is 0 Å². The molecule has 6 nitrogen and oxygen atoms in total. The molecule has 0 saturated heterocycles. The van der Waals surface area contributed by atoms with E-state index in [0.29, 0.717) is 46.5 Å². The first-order valence-electron chi connectivity index (χ1n) is 15.9. The SMILES string of the molecule is CC1(c2cccc(F)c2)C(=O)Nc2sc(Cl)c(-c3ccccc3)c2C1=O.CC1(c2ccccc2F)C(=O)Nc2sc(Cl)c(-c3ccccc3)c2C1=O. The van der Waals surface area contributed by atoms with Crippen molar-refractivity contribution in [3.05, 3.63) is 152 Å². The summed E-state index contributed by atoms with van der Waals surface area (Å²) in [6, 6.07) is 30.0. The van der Waals surface area contributed by atoms with Gasteiger partial charge in [0.15, 0.2) is 11.6 Å². The van der Waals surface area contributed by atoms with Gasteiger partial charge in [0.25, 0.3) is 0 Å². The zero-order chi connectivity index (χ0) is 36.9. The van der Waals surface area contributed by atoms with Crippen LogP contribution in [-0.2, 0) is 20.4 Å². The van der Waals surface area contributed by atoms with Crippen LogP contribution >= 0.6 is 45.9 Å². The van der Waals surface area contributed by atoms with Crippen molar-refractivity contribution < 1.29 is 28.0 Å². The number of fused-ring (bicyclic) bond motifs is 2. The number of benzene rings is 4. The number of thiophene rings is 2. The van der Waals surface area contributed by atoms with Crippen LogP contribution in [0.15, 0.2) is 109 Å². The van der Waals surface area contributed by atoms with E-state index >= 15 is 0 Å². The number of carbonyl (C=O) groups excluding carboxylic acids is 4. The number of rotatable bonds is 4. The van der Waals surface area contributed by atoms with Gasteiger partial charge in [0, 0.05) is 16.7 Å². The van der Waals surface area contributed by atoms with Crippen LogP contribution in [0.3, 0.4) is 0 Å². The molecule has 2 atom stereocenters. The van der Waals surface area contributed by atoms with Crippen molar-refractivity contribution in [3.8, 4) is 22.3 Å². The highest BCUT2D eigenvalue weighted by Crippen LogP contribution is 2.51. The first-order chi connectivity index (χ1) is 24.9. The Balaban J connectivity index is 0.000000162. The lowest BCUT2D eigenvalue weighted by Gasteiger charge is -2.32. The molecule has 2 aromatic heterocycles. The number of Topliss-reactive ketones (excluding diaryl/α,β-unsaturated/α-hetero) is 2. The molecule has 2 aliphatic rings. The molecule has 4 heterocycles. The second-order valence-corrected chi connectivity index (χ2v) is 15.7. The maximum absolute atomic E-state index is 14.4. The molecule has 4 aromatic carbocycles. The Kier molecular flexibility index (Phi) is 9.21. The molecule has 0 bridgehead atoms. The second kappa shape index (κ2) is 13.5. The topological polar surface area (TPSA) is 92.3 Å². The summed E-state index contributed by atoms with van der Waals surface area (Å²) < 4.78 is 29.0. The minimum absolute atomic E-state index is 0.0504. The maximum atomic E-state index is 14.4. The van der Waals surface area contributed by atoms with Crippen molar-refractivity contribution in [1.82, 2.24) is 0 Å². The number of carbonyl (C=O) groups is 4. The molecule has 8 rings (SSSR count). The molecule has 12 heteroatoms. The van der Waals surface area contributed by atoms with Crippen LogP contribution in [0, 0.1) is 11.6 Å². The number of anilines is 2. The van der Waals surface area contributed by atoms with Crippen LogP contribution in [0.4, 0.5) is 18.8 Å². The maximum Gasteiger partial charge on any atom is 0.243 e. The van der Waals surface area contributed by atoms with Crippen molar-refractivity contribution in [2.24, 2.45) is 0 Å². The second-order valence-electron chi connectivity index (χ2n) is 12.4. The Morgan fingerprint density at radius 1 is 0.558 bits per heavy atom. The molecule has 0 radical (unpaired) electrons. The third-order valence-corrected chi connectivity index (χ3v) is 12.0. The van der Waals surface area contributed by atoms with Crippen LogP contribution in [0.1, 0.15) is 45.7 Å². The Bertz CT molecular complexity index is 2430. The monoisotopic (exact) mass is 770 g/mol. The molecule has 6 aromatic rings. The van der Waals surface area contributed by atoms with E-state index in [9.17, 15) is 28.0 Å². The summed E-state index contributed by atoms with van der Waals surface area (Å²) in [4.78, 5) is 52.4. The lowest BCUT2D eigenvalue weighted by atomic mass is 9.72. The van der Waals surface area contributed by atoms with Crippen molar-refractivity contribution in [3.63, 3.8) is 0 Å². The van der Waals surface area contributed by atoms with Gasteiger partial charge in [0.1, 0.15) is 41.1 Å². The summed E-state index contributed by atoms with van der Waals surface area (Å²) in [5, 5.41) is 6.36. The molecule has 0 spiro atoms. The normalized spacial score (nSPS) is 19.2. The van der Waals surface area contributed by atoms with Gasteiger partial charge >= 0.3 is 0 Å². The molecule has 0 aliphatic carbocycles. The van der Waals surface area contributed by atoms with Gasteiger partial charge in [0.2, 0.25) is 11.8 Å². The van der Waals surface area contributed by atoms with Crippen molar-refractivity contribution >= 4 is 79.3 Å². The lowest BCUT2D eigenvalue weighted by molar-refractivity contribution is -0.120. The largest absolute Gasteiger partial charge is 0.316 e. The highest BCUT2D eigenvalue weighted by atomic mass is 35.5. The van der Waals surface area contributed by atoms with Gasteiger partial charge in [-0.15, -0.1) is 22.7 Å². The Labute approximate surface area is 315 Å². The van der Waals surface area contributed by atoms with Crippen molar-refractivity contribution in [2.45, 2.75) is 24.7 Å². The number of ketones is 2. The molecule has 2 aliphatic heterocycles. The molecular formula is C40H26Cl2F2N2O4S2. The van der Waals surface area contributed by atoms with E-state index in [-0.39, 0.29) is 11.3 Å². The number of amides is 2. The van der Waals surface area contributed by atoms with Gasteiger partial charge in [-0.1, -0.05) is 114 Å². The average molecular weight is 772 g/mol. The zero-order valence-corrected chi connectivity index (χ0v) is 30.5. The van der Waals surface area contributed by atoms with E-state index in [2.05, 4.69) is 10.6 Å². The minimum atomic E-state index is -1.66. The van der Waals surface area contributed by atoms with E-state index in [1.807, 2.05) is 60.7 Å². The first kappa shape index (κ1) is 35.4. The summed E-state index contributed by atoms with van der Waals surface area (Å²) in [5.74, 6) is -2.98. The van der Waals surface area contributed by atoms with Gasteiger partial charge in [0.05, 0.1) is 11.1 Å². The van der Waals surface area contributed by atoms with E-state index in [0.717, 1.165) is 33.8 Å². The molecule has 0 saturated carbocycles. The summed E-state index contributed by atoms with van der Waals surface area (Å²) in [6.07, 6.45) is 0. The van der Waals surface area contributed by atoms with Crippen LogP contribution in [0.25, 0.3) is 22.3 Å². The Hall–Kier alpha value is -5.00. The summed E-state index contributed by atoms with van der Waals surface area (Å²) in [7, 11) is 0. The minimum Gasteiger partial charge on any atom is -0.316 e. The van der Waals surface area contributed by atoms with E-state index in [4.69, 9.17) is 23.2 Å². The number of hydrogen-bond acceptors (Lipinski definition) is 6. The molecule has 52 heavy (non-hydrogen) atoms. The molecule has 2 amide bonds. The van der Waals surface area contributed by atoms with E-state index in [1.165, 1.54) is 50.2 Å². The molecule has 0 fully saturated rings. The van der Waals surface area contributed by atoms with Crippen LogP contribution in [0.5, 0.6) is 0 Å². The fourth-order valence-corrected chi connectivity index (χ4v) is 9.23. The molecule has 2 N–H and O–H groups in total. The highest BCUT2D eigenvalue weighted by Gasteiger charge is 2.51. The fourth-order valence-electron chi connectivity index (χ4n) is 6.48. The third-order valence-electron chi connectivity index (χ3n) is 9.39. The zero-order valence-electron chi connectivity index (χ0n) is 27.4. The third kappa shape index (κ3) is 5.67. The Morgan fingerprint density at radius 3 is 1.52 bits per heavy atom. The number of hydrogen-bond donors (Lipinski definition) is 2. The van der Waals surface area contributed by atoms with Gasteiger partial charge in [-0.2, -0.15) is 0 Å². The average Bonchev–Trinajstić information content (AvgIpc) is 3.65. The Morgan fingerprint density at radius 2 is 1.02 bits per heavy atom. The fraction of sp³-hybridized carbons (Fsp3) is 0.100. The quantitative estimate of drug-likeness (QED) is 0.175. The molecule has 260 valence electrons. The van der Waals surface area contributed by atoms with E-state index < -0.39 is 40.1 Å². The standard InChI is InChI=1S/2C20H13ClFNO2S/c1-20(12-9-5-6-10-13(12)22)16(24)15-14(11-7-3-2-4-8-11)17(21)26-18(15)23-19(20)25;1-20(12-8-5-9-13(22)10-12)16(24)15-14(11-6-3-2-4-7-11)17(21)26-18(15)23-19(20)25/h2*2-10H,1H3,(H,23,25). The first-order valence-corrected chi connectivity index (χ1v) is 18.2. The summed E-state index contributed by atoms with van der Waals surface area (Å²) in [6.45, 7) is 2.97. The van der Waals surface area contributed by atoms with Crippen LogP contribution in [0.2, 0.25) is 8.67 Å². The molecule has 2 unspecified atom stereocenters. The predicted octanol–water partition coefficient (Wildman–Crippen LogP) is 10.6. The van der Waals surface area contributed by atoms with E-state index in [1.54, 1.807) is 12.1 Å². The van der Waals surface area contributed by atoms with Gasteiger partial charge in [-0.25, -0.2) is 8.78 Å². The van der Waals surface area contributed by atoms with Crippen LogP contribution in [-0.4, -0.2) is 23.4 Å².